The van der Waals surface area contributed by atoms with Crippen LogP contribution in [0.5, 0.6) is 0 Å². The summed E-state index contributed by atoms with van der Waals surface area (Å²) in [5.74, 6) is 0. The molecule has 0 amide bonds. The lowest BCUT2D eigenvalue weighted by Gasteiger charge is -1.87. The third kappa shape index (κ3) is 0.813. The standard InChI is InChI=1S/C6H6N4O/c1-3-2-7-4-5(8-3)9-10-6(4)11/h2H,1H3,(H2,8,9,10,11). The van der Waals surface area contributed by atoms with Crippen molar-refractivity contribution in [1.82, 2.24) is 20.2 Å². The van der Waals surface area contributed by atoms with E-state index < -0.39 is 0 Å². The van der Waals surface area contributed by atoms with Crippen molar-refractivity contribution in [1.29, 1.82) is 0 Å². The Bertz CT molecular complexity index is 441. The molecule has 2 rings (SSSR count). The topological polar surface area (TPSA) is 74.4 Å². The highest BCUT2D eigenvalue weighted by molar-refractivity contribution is 5.67. The Morgan fingerprint density at radius 2 is 2.27 bits per heavy atom. The van der Waals surface area contributed by atoms with Crippen molar-refractivity contribution in [3.63, 3.8) is 0 Å². The van der Waals surface area contributed by atoms with Gasteiger partial charge in [-0.3, -0.25) is 15.0 Å². The first-order chi connectivity index (χ1) is 5.27. The Balaban J connectivity index is 2.97. The van der Waals surface area contributed by atoms with Crippen LogP contribution in [0, 0.1) is 6.92 Å². The van der Waals surface area contributed by atoms with Gasteiger partial charge in [-0.2, -0.15) is 0 Å². The number of hydrogen-bond donors (Lipinski definition) is 2. The SMILES string of the molecule is Cc1cnc2c(=O)[nH][nH]c2n1. The van der Waals surface area contributed by atoms with Crippen molar-refractivity contribution >= 4 is 11.2 Å². The molecule has 2 aromatic heterocycles. The van der Waals surface area contributed by atoms with Crippen LogP contribution < -0.4 is 5.56 Å². The molecule has 5 nitrogen and oxygen atoms in total. The maximum absolute atomic E-state index is 10.9. The normalized spacial score (nSPS) is 10.6. The maximum Gasteiger partial charge on any atom is 0.292 e. The van der Waals surface area contributed by atoms with Gasteiger partial charge in [0, 0.05) is 6.20 Å². The third-order valence-corrected chi connectivity index (χ3v) is 1.40. The highest BCUT2D eigenvalue weighted by atomic mass is 16.1. The zero-order chi connectivity index (χ0) is 7.84. The molecule has 5 heteroatoms. The zero-order valence-electron chi connectivity index (χ0n) is 5.88. The van der Waals surface area contributed by atoms with E-state index in [4.69, 9.17) is 0 Å². The molecule has 0 fully saturated rings. The fourth-order valence-electron chi connectivity index (χ4n) is 0.906. The minimum Gasteiger partial charge on any atom is -0.280 e. The van der Waals surface area contributed by atoms with Crippen LogP contribution in [-0.4, -0.2) is 20.2 Å². The summed E-state index contributed by atoms with van der Waals surface area (Å²) in [5.41, 5.74) is 1.42. The van der Waals surface area contributed by atoms with Crippen molar-refractivity contribution in [2.45, 2.75) is 6.92 Å². The summed E-state index contributed by atoms with van der Waals surface area (Å²) in [7, 11) is 0. The zero-order valence-corrected chi connectivity index (χ0v) is 5.88. The molecule has 0 saturated carbocycles. The summed E-state index contributed by atoms with van der Waals surface area (Å²) >= 11 is 0. The first-order valence-electron chi connectivity index (χ1n) is 3.17. The molecule has 0 aliphatic heterocycles. The lowest BCUT2D eigenvalue weighted by Crippen LogP contribution is -1.99. The summed E-state index contributed by atoms with van der Waals surface area (Å²) < 4.78 is 0. The molecule has 11 heavy (non-hydrogen) atoms. The third-order valence-electron chi connectivity index (χ3n) is 1.40. The van der Waals surface area contributed by atoms with Crippen LogP contribution in [0.1, 0.15) is 5.69 Å². The summed E-state index contributed by atoms with van der Waals surface area (Å²) in [5, 5.41) is 5.02. The number of fused-ring (bicyclic) bond motifs is 1. The van der Waals surface area contributed by atoms with Gasteiger partial charge >= 0.3 is 0 Å². The molecule has 56 valence electrons. The Labute approximate surface area is 61.5 Å². The van der Waals surface area contributed by atoms with E-state index in [-0.39, 0.29) is 5.56 Å². The molecule has 0 aliphatic rings. The Hall–Kier alpha value is -1.65. The van der Waals surface area contributed by atoms with Crippen LogP contribution in [0.25, 0.3) is 11.2 Å². The van der Waals surface area contributed by atoms with Gasteiger partial charge in [-0.05, 0) is 6.92 Å². The van der Waals surface area contributed by atoms with Crippen LogP contribution in [0.15, 0.2) is 11.0 Å². The summed E-state index contributed by atoms with van der Waals surface area (Å²) in [6.07, 6.45) is 1.56. The number of hydrogen-bond acceptors (Lipinski definition) is 3. The monoisotopic (exact) mass is 150 g/mol. The number of H-pyrrole nitrogens is 2. The molecule has 0 atom stereocenters. The van der Waals surface area contributed by atoms with Gasteiger partial charge in [0.2, 0.25) is 0 Å². The highest BCUT2D eigenvalue weighted by Gasteiger charge is 2.01. The predicted octanol–water partition coefficient (Wildman–Crippen LogP) is -0.0454. The van der Waals surface area contributed by atoms with Crippen molar-refractivity contribution in [2.24, 2.45) is 0 Å². The van der Waals surface area contributed by atoms with Gasteiger partial charge < -0.3 is 0 Å². The molecule has 2 aromatic rings. The number of aryl methyl sites for hydroxylation is 1. The average molecular weight is 150 g/mol. The molecule has 0 saturated heterocycles. The smallest absolute Gasteiger partial charge is 0.280 e. The first-order valence-corrected chi connectivity index (χ1v) is 3.17. The molecule has 0 aromatic carbocycles. The molecule has 0 unspecified atom stereocenters. The van der Waals surface area contributed by atoms with Gasteiger partial charge in [0.15, 0.2) is 11.2 Å². The van der Waals surface area contributed by atoms with E-state index in [1.54, 1.807) is 6.20 Å². The Kier molecular flexibility index (Phi) is 1.06. The number of aromatic amines is 2. The van der Waals surface area contributed by atoms with Gasteiger partial charge in [0.05, 0.1) is 5.69 Å². The molecule has 0 radical (unpaired) electrons. The van der Waals surface area contributed by atoms with Gasteiger partial charge in [-0.15, -0.1) is 0 Å². The van der Waals surface area contributed by atoms with Crippen molar-refractivity contribution in [2.75, 3.05) is 0 Å². The van der Waals surface area contributed by atoms with E-state index in [1.165, 1.54) is 0 Å². The fraction of sp³-hybridized carbons (Fsp3) is 0.167. The van der Waals surface area contributed by atoms with E-state index in [2.05, 4.69) is 20.2 Å². The van der Waals surface area contributed by atoms with Crippen LogP contribution in [0.4, 0.5) is 0 Å². The summed E-state index contributed by atoms with van der Waals surface area (Å²) in [4.78, 5) is 18.9. The van der Waals surface area contributed by atoms with E-state index in [0.29, 0.717) is 11.2 Å². The predicted molar refractivity (Wildman–Crippen MR) is 39.2 cm³/mol. The molecule has 0 bridgehead atoms. The number of rotatable bonds is 0. The minimum atomic E-state index is -0.229. The second-order valence-corrected chi connectivity index (χ2v) is 2.29. The number of aromatic nitrogens is 4. The molecule has 0 aliphatic carbocycles. The van der Waals surface area contributed by atoms with Gasteiger partial charge in [0.25, 0.3) is 5.56 Å². The number of nitrogens with zero attached hydrogens (tertiary/aromatic N) is 2. The number of nitrogens with one attached hydrogen (secondary N) is 2. The Morgan fingerprint density at radius 1 is 1.45 bits per heavy atom. The quantitative estimate of drug-likeness (QED) is 0.553. The van der Waals surface area contributed by atoms with Crippen LogP contribution >= 0.6 is 0 Å². The van der Waals surface area contributed by atoms with Crippen molar-refractivity contribution in [3.8, 4) is 0 Å². The summed E-state index contributed by atoms with van der Waals surface area (Å²) in [6.45, 7) is 1.82. The van der Waals surface area contributed by atoms with Crippen LogP contribution in [-0.2, 0) is 0 Å². The molecule has 0 spiro atoms. The van der Waals surface area contributed by atoms with E-state index >= 15 is 0 Å². The first kappa shape index (κ1) is 6.09. The molecular formula is C6H6N4O. The van der Waals surface area contributed by atoms with Gasteiger partial charge in [0.1, 0.15) is 0 Å². The second kappa shape index (κ2) is 1.91. The maximum atomic E-state index is 10.9. The minimum absolute atomic E-state index is 0.229. The highest BCUT2D eigenvalue weighted by Crippen LogP contribution is 1.98. The molecular weight excluding hydrogens is 144 g/mol. The summed E-state index contributed by atoms with van der Waals surface area (Å²) in [6, 6.07) is 0. The fourth-order valence-corrected chi connectivity index (χ4v) is 0.906. The van der Waals surface area contributed by atoms with E-state index in [1.807, 2.05) is 6.92 Å². The average Bonchev–Trinajstić information content (AvgIpc) is 2.32. The van der Waals surface area contributed by atoms with Crippen LogP contribution in [0.2, 0.25) is 0 Å². The van der Waals surface area contributed by atoms with Crippen molar-refractivity contribution in [3.05, 3.63) is 22.2 Å². The second-order valence-electron chi connectivity index (χ2n) is 2.29. The van der Waals surface area contributed by atoms with Crippen molar-refractivity contribution < 1.29 is 0 Å². The lowest BCUT2D eigenvalue weighted by atomic mass is 10.5. The van der Waals surface area contributed by atoms with Gasteiger partial charge in [-0.25, -0.2) is 9.97 Å². The lowest BCUT2D eigenvalue weighted by molar-refractivity contribution is 1.06. The van der Waals surface area contributed by atoms with E-state index in [9.17, 15) is 4.79 Å². The van der Waals surface area contributed by atoms with Gasteiger partial charge in [-0.1, -0.05) is 0 Å². The van der Waals surface area contributed by atoms with E-state index in [0.717, 1.165) is 5.69 Å². The largest absolute Gasteiger partial charge is 0.292 e. The Morgan fingerprint density at radius 3 is 3.09 bits per heavy atom. The van der Waals surface area contributed by atoms with Crippen LogP contribution in [0.3, 0.4) is 0 Å². The molecule has 2 N–H and O–H groups in total. The molecule has 2 heterocycles.